The fourth-order valence-electron chi connectivity index (χ4n) is 3.03. The largest absolute Gasteiger partial charge is 0.363 e. The third-order valence-corrected chi connectivity index (χ3v) is 4.39. The van der Waals surface area contributed by atoms with Gasteiger partial charge in [0.25, 0.3) is 0 Å². The van der Waals surface area contributed by atoms with Crippen LogP contribution in [-0.4, -0.2) is 43.8 Å². The summed E-state index contributed by atoms with van der Waals surface area (Å²) < 4.78 is 1.78. The van der Waals surface area contributed by atoms with Crippen LogP contribution in [0.5, 0.6) is 0 Å². The quantitative estimate of drug-likeness (QED) is 0.589. The summed E-state index contributed by atoms with van der Waals surface area (Å²) in [6.45, 7) is 0. The lowest BCUT2D eigenvalue weighted by Gasteiger charge is -2.17. The van der Waals surface area contributed by atoms with Crippen LogP contribution in [0.25, 0.3) is 22.3 Å². The van der Waals surface area contributed by atoms with Crippen molar-refractivity contribution in [3.63, 3.8) is 0 Å². The zero-order valence-corrected chi connectivity index (χ0v) is 15.0. The summed E-state index contributed by atoms with van der Waals surface area (Å²) in [4.78, 5) is 18.3. The van der Waals surface area contributed by atoms with Crippen molar-refractivity contribution in [1.82, 2.24) is 29.7 Å². The van der Waals surface area contributed by atoms with Crippen LogP contribution in [0.3, 0.4) is 0 Å². The minimum atomic E-state index is -0.271. The molecule has 0 bridgehead atoms. The van der Waals surface area contributed by atoms with Crippen molar-refractivity contribution >= 4 is 16.9 Å². The molecule has 4 heterocycles. The Morgan fingerprint density at radius 2 is 2.15 bits per heavy atom. The van der Waals surface area contributed by atoms with E-state index in [1.165, 1.54) is 6.33 Å². The zero-order valence-electron chi connectivity index (χ0n) is 15.0. The second kappa shape index (κ2) is 6.88. The summed E-state index contributed by atoms with van der Waals surface area (Å²) >= 11 is 0. The van der Waals surface area contributed by atoms with Crippen molar-refractivity contribution in [2.24, 2.45) is 0 Å². The van der Waals surface area contributed by atoms with Crippen molar-refractivity contribution in [2.45, 2.75) is 12.5 Å². The summed E-state index contributed by atoms with van der Waals surface area (Å²) in [6, 6.07) is 9.72. The van der Waals surface area contributed by atoms with Gasteiger partial charge >= 0.3 is 0 Å². The van der Waals surface area contributed by atoms with E-state index in [0.717, 1.165) is 33.8 Å². The fraction of sp³-hybridized carbons (Fsp3) is 0.211. The van der Waals surface area contributed by atoms with Crippen molar-refractivity contribution in [3.8, 4) is 17.3 Å². The van der Waals surface area contributed by atoms with Crippen LogP contribution in [0.1, 0.15) is 18.2 Å². The lowest BCUT2D eigenvalue weighted by molar-refractivity contribution is 0.520. The molecule has 27 heavy (non-hydrogen) atoms. The summed E-state index contributed by atoms with van der Waals surface area (Å²) in [7, 11) is 3.88. The van der Waals surface area contributed by atoms with E-state index in [4.69, 9.17) is 0 Å². The molecule has 0 fully saturated rings. The van der Waals surface area contributed by atoms with Gasteiger partial charge in [-0.2, -0.15) is 10.4 Å². The van der Waals surface area contributed by atoms with Crippen LogP contribution < -0.4 is 4.90 Å². The van der Waals surface area contributed by atoms with E-state index in [-0.39, 0.29) is 12.5 Å². The summed E-state index contributed by atoms with van der Waals surface area (Å²) in [5, 5.41) is 14.7. The molecule has 0 aliphatic carbocycles. The van der Waals surface area contributed by atoms with E-state index in [0.29, 0.717) is 0 Å². The Labute approximate surface area is 156 Å². The molecule has 0 radical (unpaired) electrons. The molecule has 0 saturated carbocycles. The number of H-pyrrole nitrogens is 1. The van der Waals surface area contributed by atoms with Gasteiger partial charge in [-0.25, -0.2) is 15.0 Å². The van der Waals surface area contributed by atoms with Gasteiger partial charge in [-0.1, -0.05) is 6.07 Å². The Bertz CT molecular complexity index is 1120. The number of fused-ring (bicyclic) bond motifs is 1. The molecule has 1 atom stereocenters. The first-order chi connectivity index (χ1) is 13.2. The molecule has 1 N–H and O–H groups in total. The molecule has 0 aromatic carbocycles. The number of aromatic amines is 1. The second-order valence-electron chi connectivity index (χ2n) is 6.36. The van der Waals surface area contributed by atoms with E-state index in [9.17, 15) is 5.26 Å². The molecule has 134 valence electrons. The van der Waals surface area contributed by atoms with E-state index in [1.54, 1.807) is 10.9 Å². The molecule has 4 rings (SSSR count). The number of anilines is 1. The number of rotatable bonds is 5. The van der Waals surface area contributed by atoms with Gasteiger partial charge in [0.15, 0.2) is 0 Å². The Balaban J connectivity index is 1.74. The maximum Gasteiger partial charge on any atom is 0.141 e. The van der Waals surface area contributed by atoms with Gasteiger partial charge < -0.3 is 9.88 Å². The Kier molecular flexibility index (Phi) is 4.26. The molecule has 0 spiro atoms. The fourth-order valence-corrected chi connectivity index (χ4v) is 3.03. The van der Waals surface area contributed by atoms with Gasteiger partial charge in [0, 0.05) is 37.4 Å². The average Bonchev–Trinajstić information content (AvgIpc) is 3.35. The van der Waals surface area contributed by atoms with E-state index in [1.807, 2.05) is 55.7 Å². The van der Waals surface area contributed by atoms with Crippen LogP contribution in [0, 0.1) is 11.3 Å². The smallest absolute Gasteiger partial charge is 0.141 e. The molecule has 0 saturated heterocycles. The lowest BCUT2D eigenvalue weighted by atomic mass is 10.1. The van der Waals surface area contributed by atoms with Gasteiger partial charge in [-0.05, 0) is 18.2 Å². The molecule has 4 aromatic rings. The number of hydrogen-bond acceptors (Lipinski definition) is 6. The Morgan fingerprint density at radius 1 is 1.26 bits per heavy atom. The van der Waals surface area contributed by atoms with Crippen LogP contribution >= 0.6 is 0 Å². The first-order valence-corrected chi connectivity index (χ1v) is 8.51. The average molecular weight is 358 g/mol. The Hall–Kier alpha value is -3.73. The maximum atomic E-state index is 9.32. The highest BCUT2D eigenvalue weighted by Gasteiger charge is 2.18. The van der Waals surface area contributed by atoms with Crippen molar-refractivity contribution in [1.29, 1.82) is 5.26 Å². The van der Waals surface area contributed by atoms with Gasteiger partial charge in [0.1, 0.15) is 23.8 Å². The summed E-state index contributed by atoms with van der Waals surface area (Å²) in [5.74, 6) is 0.840. The minimum Gasteiger partial charge on any atom is -0.363 e. The van der Waals surface area contributed by atoms with Crippen molar-refractivity contribution in [3.05, 3.63) is 54.9 Å². The monoisotopic (exact) mass is 358 g/mol. The number of hydrogen-bond donors (Lipinski definition) is 1. The van der Waals surface area contributed by atoms with Gasteiger partial charge in [-0.3, -0.25) is 4.68 Å². The van der Waals surface area contributed by atoms with Crippen LogP contribution in [0.2, 0.25) is 0 Å². The molecule has 8 heteroatoms. The topological polar surface area (TPSA) is 99.3 Å². The number of nitrogens with zero attached hydrogens (tertiary/aromatic N) is 7. The first-order valence-electron chi connectivity index (χ1n) is 8.51. The number of nitriles is 1. The predicted molar refractivity (Wildman–Crippen MR) is 102 cm³/mol. The highest BCUT2D eigenvalue weighted by molar-refractivity contribution is 5.89. The zero-order chi connectivity index (χ0) is 18.8. The summed E-state index contributed by atoms with van der Waals surface area (Å²) in [5.41, 5.74) is 3.25. The normalized spacial score (nSPS) is 12.0. The number of pyridine rings is 1. The summed E-state index contributed by atoms with van der Waals surface area (Å²) in [6.07, 6.45) is 7.30. The van der Waals surface area contributed by atoms with Crippen molar-refractivity contribution in [2.75, 3.05) is 19.0 Å². The van der Waals surface area contributed by atoms with E-state index >= 15 is 0 Å². The molecular formula is C19H18N8. The van der Waals surface area contributed by atoms with Gasteiger partial charge in [0.2, 0.25) is 0 Å². The molecule has 8 nitrogen and oxygen atoms in total. The molecule has 0 amide bonds. The maximum absolute atomic E-state index is 9.32. The lowest BCUT2D eigenvalue weighted by Crippen LogP contribution is -2.16. The Morgan fingerprint density at radius 3 is 2.96 bits per heavy atom. The molecular weight excluding hydrogens is 340 g/mol. The number of aromatic nitrogens is 6. The SMILES string of the molecule is CN(C)c1cccc(C(CC#N)n2cc(-c3ncnc4[nH]ccc34)cn2)n1. The van der Waals surface area contributed by atoms with Crippen LogP contribution in [0.4, 0.5) is 5.82 Å². The highest BCUT2D eigenvalue weighted by atomic mass is 15.3. The van der Waals surface area contributed by atoms with E-state index in [2.05, 4.69) is 31.1 Å². The molecule has 4 aromatic heterocycles. The second-order valence-corrected chi connectivity index (χ2v) is 6.36. The molecule has 0 aliphatic heterocycles. The van der Waals surface area contributed by atoms with Gasteiger partial charge in [-0.15, -0.1) is 0 Å². The third-order valence-electron chi connectivity index (χ3n) is 4.39. The third kappa shape index (κ3) is 3.11. The van der Waals surface area contributed by atoms with Gasteiger partial charge in [0.05, 0.1) is 30.1 Å². The minimum absolute atomic E-state index is 0.271. The molecule has 1 unspecified atom stereocenters. The standard InChI is InChI=1S/C19H18N8/c1-26(2)17-5-3-4-15(25-17)16(6-8-20)27-11-13(10-24-27)18-14-7-9-21-19(14)23-12-22-18/h3-5,7,9-12,16H,6H2,1-2H3,(H,21,22,23). The first kappa shape index (κ1) is 16.7. The predicted octanol–water partition coefficient (Wildman–Crippen LogP) is 2.79. The highest BCUT2D eigenvalue weighted by Crippen LogP contribution is 2.27. The molecule has 0 aliphatic rings. The van der Waals surface area contributed by atoms with Crippen LogP contribution in [-0.2, 0) is 0 Å². The number of nitrogens with one attached hydrogen (secondary N) is 1. The van der Waals surface area contributed by atoms with Crippen LogP contribution in [0.15, 0.2) is 49.2 Å². The van der Waals surface area contributed by atoms with Crippen molar-refractivity contribution < 1.29 is 0 Å². The van der Waals surface area contributed by atoms with E-state index < -0.39 is 0 Å².